The van der Waals surface area contributed by atoms with Gasteiger partial charge in [0.05, 0.1) is 12.1 Å². The van der Waals surface area contributed by atoms with Gasteiger partial charge in [0.25, 0.3) is 11.8 Å². The van der Waals surface area contributed by atoms with Crippen LogP contribution >= 0.6 is 0 Å². The van der Waals surface area contributed by atoms with Gasteiger partial charge in [-0.25, -0.2) is 0 Å². The molecule has 6 heteroatoms. The molecule has 0 aliphatic carbocycles. The number of nitrogens with zero attached hydrogens (tertiary/aromatic N) is 1. The van der Waals surface area contributed by atoms with Gasteiger partial charge in [0.15, 0.2) is 0 Å². The van der Waals surface area contributed by atoms with E-state index < -0.39 is 6.10 Å². The number of piperidine rings is 1. The van der Waals surface area contributed by atoms with Crippen molar-refractivity contribution in [1.82, 2.24) is 15.5 Å². The zero-order valence-corrected chi connectivity index (χ0v) is 9.65. The molecule has 3 fully saturated rings. The highest BCUT2D eigenvalue weighted by atomic mass is 16.5. The molecule has 0 aromatic rings. The smallest absolute Gasteiger partial charge is 0.261 e. The number of carbonyl (C=O) groups is 2. The Balaban J connectivity index is 1.68. The molecule has 17 heavy (non-hydrogen) atoms. The SMILES string of the molecule is O=C1NC2CNCCC2OC1C(=O)N1CCC1. The van der Waals surface area contributed by atoms with Gasteiger partial charge in [-0.1, -0.05) is 0 Å². The Hall–Kier alpha value is -1.14. The maximum atomic E-state index is 12.0. The summed E-state index contributed by atoms with van der Waals surface area (Å²) in [5.41, 5.74) is 0. The van der Waals surface area contributed by atoms with E-state index in [4.69, 9.17) is 4.74 Å². The first-order valence-electron chi connectivity index (χ1n) is 6.21. The van der Waals surface area contributed by atoms with Gasteiger partial charge in [0.2, 0.25) is 6.10 Å². The largest absolute Gasteiger partial charge is 0.353 e. The van der Waals surface area contributed by atoms with Crippen molar-refractivity contribution >= 4 is 11.8 Å². The monoisotopic (exact) mass is 239 g/mol. The predicted molar refractivity (Wildman–Crippen MR) is 59.3 cm³/mol. The van der Waals surface area contributed by atoms with Crippen LogP contribution in [0.25, 0.3) is 0 Å². The summed E-state index contributed by atoms with van der Waals surface area (Å²) in [6.07, 6.45) is 0.920. The second-order valence-electron chi connectivity index (χ2n) is 4.84. The van der Waals surface area contributed by atoms with Crippen LogP contribution in [0.5, 0.6) is 0 Å². The molecule has 3 aliphatic rings. The predicted octanol–water partition coefficient (Wildman–Crippen LogP) is -1.54. The molecule has 3 unspecified atom stereocenters. The van der Waals surface area contributed by atoms with E-state index in [1.807, 2.05) is 0 Å². The third-order valence-electron chi connectivity index (χ3n) is 3.69. The summed E-state index contributed by atoms with van der Waals surface area (Å²) in [7, 11) is 0. The van der Waals surface area contributed by atoms with Gasteiger partial charge in [-0.2, -0.15) is 0 Å². The van der Waals surface area contributed by atoms with Crippen LogP contribution in [-0.2, 0) is 14.3 Å². The second kappa shape index (κ2) is 4.27. The van der Waals surface area contributed by atoms with E-state index in [-0.39, 0.29) is 24.0 Å². The van der Waals surface area contributed by atoms with E-state index in [2.05, 4.69) is 10.6 Å². The number of fused-ring (bicyclic) bond motifs is 1. The minimum atomic E-state index is -0.922. The van der Waals surface area contributed by atoms with Gasteiger partial charge < -0.3 is 20.3 Å². The average Bonchev–Trinajstić information content (AvgIpc) is 2.25. The Morgan fingerprint density at radius 3 is 2.94 bits per heavy atom. The summed E-state index contributed by atoms with van der Waals surface area (Å²) < 4.78 is 5.68. The van der Waals surface area contributed by atoms with Crippen LogP contribution in [-0.4, -0.2) is 61.1 Å². The van der Waals surface area contributed by atoms with Crippen molar-refractivity contribution < 1.29 is 14.3 Å². The van der Waals surface area contributed by atoms with Crippen molar-refractivity contribution in [3.05, 3.63) is 0 Å². The quantitative estimate of drug-likeness (QED) is 0.544. The molecule has 2 N–H and O–H groups in total. The topological polar surface area (TPSA) is 70.7 Å². The van der Waals surface area contributed by atoms with Gasteiger partial charge in [-0.3, -0.25) is 9.59 Å². The van der Waals surface area contributed by atoms with Crippen molar-refractivity contribution in [3.63, 3.8) is 0 Å². The number of amides is 2. The van der Waals surface area contributed by atoms with Gasteiger partial charge >= 0.3 is 0 Å². The first-order chi connectivity index (χ1) is 8.25. The Kier molecular flexibility index (Phi) is 2.76. The lowest BCUT2D eigenvalue weighted by Crippen LogP contribution is -2.65. The minimum absolute atomic E-state index is 0.0108. The molecule has 0 bridgehead atoms. The van der Waals surface area contributed by atoms with E-state index in [9.17, 15) is 9.59 Å². The van der Waals surface area contributed by atoms with E-state index >= 15 is 0 Å². The van der Waals surface area contributed by atoms with Crippen LogP contribution in [0, 0.1) is 0 Å². The Labute approximate surface area is 99.7 Å². The van der Waals surface area contributed by atoms with Crippen LogP contribution in [0.4, 0.5) is 0 Å². The number of ether oxygens (including phenoxy) is 1. The molecule has 94 valence electrons. The Morgan fingerprint density at radius 1 is 1.41 bits per heavy atom. The van der Waals surface area contributed by atoms with E-state index in [0.29, 0.717) is 0 Å². The van der Waals surface area contributed by atoms with Crippen LogP contribution in [0.2, 0.25) is 0 Å². The van der Waals surface area contributed by atoms with Crippen molar-refractivity contribution in [1.29, 1.82) is 0 Å². The lowest BCUT2D eigenvalue weighted by atomic mass is 10.00. The molecule has 3 heterocycles. The zero-order valence-electron chi connectivity index (χ0n) is 9.65. The number of likely N-dealkylation sites (tertiary alicyclic amines) is 1. The fraction of sp³-hybridized carbons (Fsp3) is 0.818. The number of hydrogen-bond donors (Lipinski definition) is 2. The number of hydrogen-bond acceptors (Lipinski definition) is 4. The molecule has 3 atom stereocenters. The third kappa shape index (κ3) is 1.91. The van der Waals surface area contributed by atoms with Crippen molar-refractivity contribution in [2.24, 2.45) is 0 Å². The fourth-order valence-electron chi connectivity index (χ4n) is 2.51. The summed E-state index contributed by atoms with van der Waals surface area (Å²) in [6, 6.07) is 0.0108. The summed E-state index contributed by atoms with van der Waals surface area (Å²) in [5.74, 6) is -0.461. The molecule has 0 radical (unpaired) electrons. The Bertz CT molecular complexity index is 343. The maximum Gasteiger partial charge on any atom is 0.261 e. The molecule has 2 amide bonds. The van der Waals surface area contributed by atoms with Crippen LogP contribution in [0.1, 0.15) is 12.8 Å². The normalized spacial score (nSPS) is 36.8. The minimum Gasteiger partial charge on any atom is -0.353 e. The first-order valence-corrected chi connectivity index (χ1v) is 6.21. The number of carbonyl (C=O) groups excluding carboxylic acids is 2. The van der Waals surface area contributed by atoms with Crippen molar-refractivity contribution in [3.8, 4) is 0 Å². The molecule has 0 aromatic carbocycles. The van der Waals surface area contributed by atoms with Gasteiger partial charge in [-0.05, 0) is 19.4 Å². The highest BCUT2D eigenvalue weighted by Gasteiger charge is 2.43. The molecular formula is C11H17N3O3. The summed E-state index contributed by atoms with van der Waals surface area (Å²) >= 11 is 0. The highest BCUT2D eigenvalue weighted by molar-refractivity contribution is 6.04. The van der Waals surface area contributed by atoms with Crippen LogP contribution in [0.3, 0.4) is 0 Å². The lowest BCUT2D eigenvalue weighted by Gasteiger charge is -2.41. The maximum absolute atomic E-state index is 12.0. The molecule has 0 spiro atoms. The molecule has 0 saturated carbocycles. The molecule has 3 saturated heterocycles. The lowest BCUT2D eigenvalue weighted by molar-refractivity contribution is -0.169. The number of nitrogens with one attached hydrogen (secondary N) is 2. The average molecular weight is 239 g/mol. The zero-order chi connectivity index (χ0) is 11.8. The molecule has 3 aliphatic heterocycles. The van der Waals surface area contributed by atoms with Crippen LogP contribution < -0.4 is 10.6 Å². The molecule has 0 aromatic heterocycles. The molecular weight excluding hydrogens is 222 g/mol. The summed E-state index contributed by atoms with van der Waals surface area (Å²) in [6.45, 7) is 3.10. The Morgan fingerprint density at radius 2 is 2.24 bits per heavy atom. The first kappa shape index (κ1) is 11.0. The van der Waals surface area contributed by atoms with Crippen molar-refractivity contribution in [2.75, 3.05) is 26.2 Å². The van der Waals surface area contributed by atoms with Crippen LogP contribution in [0.15, 0.2) is 0 Å². The van der Waals surface area contributed by atoms with Gasteiger partial charge in [-0.15, -0.1) is 0 Å². The second-order valence-corrected chi connectivity index (χ2v) is 4.84. The van der Waals surface area contributed by atoms with E-state index in [1.54, 1.807) is 4.90 Å². The van der Waals surface area contributed by atoms with Gasteiger partial charge in [0.1, 0.15) is 0 Å². The standard InChI is InChI=1S/C11H17N3O3/c15-10-9(11(16)14-4-1-5-14)17-8-2-3-12-6-7(8)13-10/h7-9,12H,1-6H2,(H,13,15). The molecule has 3 rings (SSSR count). The fourth-order valence-corrected chi connectivity index (χ4v) is 2.51. The third-order valence-corrected chi connectivity index (χ3v) is 3.69. The number of morpholine rings is 1. The van der Waals surface area contributed by atoms with E-state index in [0.717, 1.165) is 39.0 Å². The molecule has 6 nitrogen and oxygen atoms in total. The highest BCUT2D eigenvalue weighted by Crippen LogP contribution is 2.19. The van der Waals surface area contributed by atoms with E-state index in [1.165, 1.54) is 0 Å². The summed E-state index contributed by atoms with van der Waals surface area (Å²) in [5, 5.41) is 6.08. The number of rotatable bonds is 1. The van der Waals surface area contributed by atoms with Gasteiger partial charge in [0, 0.05) is 19.6 Å². The van der Waals surface area contributed by atoms with Crippen molar-refractivity contribution in [2.45, 2.75) is 31.1 Å². The summed E-state index contributed by atoms with van der Waals surface area (Å²) in [4.78, 5) is 25.5.